The lowest BCUT2D eigenvalue weighted by Crippen LogP contribution is -2.06. The van der Waals surface area contributed by atoms with Crippen LogP contribution in [0.4, 0.5) is 5.69 Å². The first kappa shape index (κ1) is 12.8. The quantitative estimate of drug-likeness (QED) is 0.679. The second-order valence-corrected chi connectivity index (χ2v) is 4.23. The largest absolute Gasteiger partial charge is 0.477 e. The number of carboxylic acid groups (broad SMARTS) is 1. The molecule has 0 atom stereocenters. The Hall–Kier alpha value is -2.63. The first-order valence-electron chi connectivity index (χ1n) is 5.56. The molecule has 0 bridgehead atoms. The Labute approximate surface area is 109 Å². The fraction of sp³-hybridized carbons (Fsp3) is 0.154. The van der Waals surface area contributed by atoms with E-state index in [1.54, 1.807) is 38.4 Å². The molecular weight excluding hydrogens is 248 g/mol. The van der Waals surface area contributed by atoms with Crippen LogP contribution in [0.3, 0.4) is 0 Å². The van der Waals surface area contributed by atoms with Gasteiger partial charge in [-0.2, -0.15) is 0 Å². The fourth-order valence-corrected chi connectivity index (χ4v) is 2.22. The lowest BCUT2D eigenvalue weighted by atomic mass is 10.0. The van der Waals surface area contributed by atoms with Crippen molar-refractivity contribution < 1.29 is 14.8 Å². The van der Waals surface area contributed by atoms with E-state index in [2.05, 4.69) is 0 Å². The molecule has 0 saturated heterocycles. The molecule has 1 N–H and O–H groups in total. The van der Waals surface area contributed by atoms with Gasteiger partial charge in [0.15, 0.2) is 0 Å². The summed E-state index contributed by atoms with van der Waals surface area (Å²) in [6.45, 7) is 1.73. The van der Waals surface area contributed by atoms with Gasteiger partial charge in [0.25, 0.3) is 5.69 Å². The number of hydrogen-bond acceptors (Lipinski definition) is 3. The minimum absolute atomic E-state index is 0.0480. The molecule has 1 aromatic carbocycles. The number of hydrogen-bond donors (Lipinski definition) is 1. The van der Waals surface area contributed by atoms with Crippen LogP contribution in [-0.2, 0) is 7.05 Å². The first-order chi connectivity index (χ1) is 8.93. The van der Waals surface area contributed by atoms with Gasteiger partial charge in [0.05, 0.1) is 10.5 Å². The van der Waals surface area contributed by atoms with E-state index < -0.39 is 10.9 Å². The number of benzene rings is 1. The van der Waals surface area contributed by atoms with Crippen LogP contribution in [0.5, 0.6) is 0 Å². The highest BCUT2D eigenvalue weighted by Crippen LogP contribution is 2.35. The van der Waals surface area contributed by atoms with Crippen molar-refractivity contribution >= 4 is 11.7 Å². The third-order valence-electron chi connectivity index (χ3n) is 2.94. The summed E-state index contributed by atoms with van der Waals surface area (Å²) < 4.78 is 1.46. The zero-order chi connectivity index (χ0) is 14.2. The highest BCUT2D eigenvalue weighted by atomic mass is 16.6. The molecule has 98 valence electrons. The number of carbonyl (C=O) groups is 1. The zero-order valence-corrected chi connectivity index (χ0v) is 10.5. The second-order valence-electron chi connectivity index (χ2n) is 4.23. The Morgan fingerprint density at radius 2 is 2.00 bits per heavy atom. The summed E-state index contributed by atoms with van der Waals surface area (Å²) in [4.78, 5) is 21.9. The minimum Gasteiger partial charge on any atom is -0.477 e. The number of carboxylic acids is 1. The van der Waals surface area contributed by atoms with Crippen LogP contribution in [-0.4, -0.2) is 20.6 Å². The van der Waals surface area contributed by atoms with Crippen LogP contribution in [0.15, 0.2) is 30.5 Å². The zero-order valence-electron chi connectivity index (χ0n) is 10.5. The molecule has 19 heavy (non-hydrogen) atoms. The van der Waals surface area contributed by atoms with Crippen LogP contribution in [0.2, 0.25) is 0 Å². The molecule has 6 heteroatoms. The standard InChI is InChI=1S/C13H12N2O4/c1-8-7-14(2)12(13(16)17)11(8)9-5-3-4-6-10(9)15(18)19/h3-7H,1-2H3,(H,16,17). The van der Waals surface area contributed by atoms with Crippen LogP contribution in [0.25, 0.3) is 11.1 Å². The monoisotopic (exact) mass is 260 g/mol. The van der Waals surface area contributed by atoms with E-state index in [4.69, 9.17) is 0 Å². The van der Waals surface area contributed by atoms with Gasteiger partial charge in [-0.05, 0) is 18.6 Å². The average molecular weight is 260 g/mol. The maximum atomic E-state index is 11.3. The molecule has 0 aliphatic heterocycles. The minimum atomic E-state index is -1.11. The summed E-state index contributed by atoms with van der Waals surface area (Å²) in [7, 11) is 1.61. The lowest BCUT2D eigenvalue weighted by molar-refractivity contribution is -0.384. The van der Waals surface area contributed by atoms with Gasteiger partial charge in [-0.3, -0.25) is 10.1 Å². The van der Waals surface area contributed by atoms with Crippen LogP contribution < -0.4 is 0 Å². The van der Waals surface area contributed by atoms with Crippen molar-refractivity contribution in [2.45, 2.75) is 6.92 Å². The first-order valence-corrected chi connectivity index (χ1v) is 5.56. The molecule has 0 saturated carbocycles. The van der Waals surface area contributed by atoms with E-state index in [0.717, 1.165) is 0 Å². The topological polar surface area (TPSA) is 85.4 Å². The van der Waals surface area contributed by atoms with Crippen molar-refractivity contribution in [3.05, 3.63) is 51.8 Å². The normalized spacial score (nSPS) is 10.4. The number of rotatable bonds is 3. The molecule has 0 amide bonds. The number of aromatic nitrogens is 1. The fourth-order valence-electron chi connectivity index (χ4n) is 2.22. The van der Waals surface area contributed by atoms with Crippen molar-refractivity contribution in [2.75, 3.05) is 0 Å². The molecule has 2 rings (SSSR count). The van der Waals surface area contributed by atoms with Gasteiger partial charge in [-0.1, -0.05) is 12.1 Å². The van der Waals surface area contributed by atoms with Gasteiger partial charge in [0.1, 0.15) is 5.69 Å². The van der Waals surface area contributed by atoms with E-state index in [9.17, 15) is 20.0 Å². The summed E-state index contributed by atoms with van der Waals surface area (Å²) >= 11 is 0. The molecule has 0 spiro atoms. The van der Waals surface area contributed by atoms with E-state index in [1.165, 1.54) is 10.6 Å². The molecule has 0 unspecified atom stereocenters. The smallest absolute Gasteiger partial charge is 0.353 e. The molecular formula is C13H12N2O4. The van der Waals surface area contributed by atoms with Crippen LogP contribution in [0.1, 0.15) is 16.1 Å². The molecule has 1 aromatic heterocycles. The number of aromatic carboxylic acids is 1. The maximum Gasteiger partial charge on any atom is 0.353 e. The third-order valence-corrected chi connectivity index (χ3v) is 2.94. The van der Waals surface area contributed by atoms with Crippen LogP contribution in [0, 0.1) is 17.0 Å². The molecule has 0 radical (unpaired) electrons. The Balaban J connectivity index is 2.80. The molecule has 6 nitrogen and oxygen atoms in total. The van der Waals surface area contributed by atoms with Gasteiger partial charge in [0, 0.05) is 24.9 Å². The van der Waals surface area contributed by atoms with Gasteiger partial charge in [0.2, 0.25) is 0 Å². The number of nitro benzene ring substituents is 1. The number of para-hydroxylation sites is 1. The lowest BCUT2D eigenvalue weighted by Gasteiger charge is -2.05. The Bertz CT molecular complexity index is 673. The van der Waals surface area contributed by atoms with Gasteiger partial charge >= 0.3 is 5.97 Å². The highest BCUT2D eigenvalue weighted by Gasteiger charge is 2.24. The Kier molecular flexibility index (Phi) is 3.08. The molecule has 1 heterocycles. The number of nitro groups is 1. The van der Waals surface area contributed by atoms with Crippen LogP contribution >= 0.6 is 0 Å². The van der Waals surface area contributed by atoms with Gasteiger partial charge < -0.3 is 9.67 Å². The van der Waals surface area contributed by atoms with E-state index in [-0.39, 0.29) is 11.4 Å². The summed E-state index contributed by atoms with van der Waals surface area (Å²) in [6, 6.07) is 6.14. The van der Waals surface area contributed by atoms with Crippen molar-refractivity contribution in [1.29, 1.82) is 0 Å². The molecule has 0 aliphatic carbocycles. The van der Waals surface area contributed by atoms with E-state index in [1.807, 2.05) is 0 Å². The van der Waals surface area contributed by atoms with E-state index in [0.29, 0.717) is 16.7 Å². The third kappa shape index (κ3) is 2.08. The predicted molar refractivity (Wildman–Crippen MR) is 69.2 cm³/mol. The molecule has 0 fully saturated rings. The highest BCUT2D eigenvalue weighted by molar-refractivity contribution is 5.97. The maximum absolute atomic E-state index is 11.3. The summed E-state index contributed by atoms with van der Waals surface area (Å²) in [5, 5.41) is 20.3. The molecule has 0 aliphatic rings. The molecule has 2 aromatic rings. The summed E-state index contributed by atoms with van der Waals surface area (Å²) in [6.07, 6.45) is 1.65. The van der Waals surface area contributed by atoms with E-state index >= 15 is 0 Å². The summed E-state index contributed by atoms with van der Waals surface area (Å²) in [5.74, 6) is -1.11. The Morgan fingerprint density at radius 3 is 2.58 bits per heavy atom. The van der Waals surface area contributed by atoms with Gasteiger partial charge in [-0.15, -0.1) is 0 Å². The van der Waals surface area contributed by atoms with Crippen molar-refractivity contribution in [3.63, 3.8) is 0 Å². The average Bonchev–Trinajstić information content (AvgIpc) is 2.64. The second kappa shape index (κ2) is 4.56. The number of aryl methyl sites for hydroxylation is 2. The Morgan fingerprint density at radius 1 is 1.37 bits per heavy atom. The van der Waals surface area contributed by atoms with Crippen molar-refractivity contribution in [1.82, 2.24) is 4.57 Å². The SMILES string of the molecule is Cc1cn(C)c(C(=O)O)c1-c1ccccc1[N+](=O)[O-]. The van der Waals surface area contributed by atoms with Gasteiger partial charge in [-0.25, -0.2) is 4.79 Å². The van der Waals surface area contributed by atoms with Crippen molar-refractivity contribution in [2.24, 2.45) is 7.05 Å². The predicted octanol–water partition coefficient (Wildman–Crippen LogP) is 2.61. The number of nitrogens with zero attached hydrogens (tertiary/aromatic N) is 2. The summed E-state index contributed by atoms with van der Waals surface area (Å²) in [5.41, 5.74) is 1.35. The van der Waals surface area contributed by atoms with Crippen molar-refractivity contribution in [3.8, 4) is 11.1 Å².